The predicted octanol–water partition coefficient (Wildman–Crippen LogP) is 3.37. The maximum atomic E-state index is 6.01. The van der Waals surface area contributed by atoms with E-state index < -0.39 is 0 Å². The van der Waals surface area contributed by atoms with Crippen molar-refractivity contribution in [3.8, 4) is 11.3 Å². The van der Waals surface area contributed by atoms with E-state index in [1.54, 1.807) is 0 Å². The molecule has 27 heavy (non-hydrogen) atoms. The zero-order valence-electron chi connectivity index (χ0n) is 15.5. The molecule has 0 spiro atoms. The molecule has 0 radical (unpaired) electrons. The Balaban J connectivity index is 0.00000131. The van der Waals surface area contributed by atoms with Crippen LogP contribution in [0, 0.1) is 6.92 Å². The number of nitrogens with zero attached hydrogens (tertiary/aromatic N) is 4. The Labute approximate surface area is 171 Å². The van der Waals surface area contributed by atoms with Crippen molar-refractivity contribution in [2.45, 2.75) is 19.5 Å². The molecule has 1 aliphatic heterocycles. The van der Waals surface area contributed by atoms with Gasteiger partial charge in [-0.05, 0) is 6.92 Å². The Bertz CT molecular complexity index is 846. The molecule has 0 bridgehead atoms. The predicted molar refractivity (Wildman–Crippen MR) is 110 cm³/mol. The first-order valence-electron chi connectivity index (χ1n) is 8.64. The van der Waals surface area contributed by atoms with E-state index in [4.69, 9.17) is 4.42 Å². The van der Waals surface area contributed by atoms with Crippen molar-refractivity contribution in [2.24, 2.45) is 7.05 Å². The highest BCUT2D eigenvalue weighted by molar-refractivity contribution is 5.85. The highest BCUT2D eigenvalue weighted by atomic mass is 35.5. The van der Waals surface area contributed by atoms with Gasteiger partial charge in [0.15, 0.2) is 5.76 Å². The van der Waals surface area contributed by atoms with Gasteiger partial charge >= 0.3 is 0 Å². The van der Waals surface area contributed by atoms with Crippen molar-refractivity contribution < 1.29 is 4.42 Å². The van der Waals surface area contributed by atoms with Gasteiger partial charge in [-0.25, -0.2) is 9.97 Å². The number of piperazine rings is 1. The summed E-state index contributed by atoms with van der Waals surface area (Å²) in [5, 5.41) is 3.46. The van der Waals surface area contributed by atoms with Gasteiger partial charge in [-0.3, -0.25) is 4.90 Å². The van der Waals surface area contributed by atoms with Crippen LogP contribution in [0.15, 0.2) is 47.3 Å². The molecule has 1 fully saturated rings. The van der Waals surface area contributed by atoms with Crippen molar-refractivity contribution in [2.75, 3.05) is 19.6 Å². The van der Waals surface area contributed by atoms with Crippen LogP contribution in [0.25, 0.3) is 11.3 Å². The maximum absolute atomic E-state index is 6.01. The van der Waals surface area contributed by atoms with Gasteiger partial charge in [0.05, 0.1) is 18.8 Å². The summed E-state index contributed by atoms with van der Waals surface area (Å²) in [5.74, 6) is 2.63. The van der Waals surface area contributed by atoms with Crippen molar-refractivity contribution in [1.29, 1.82) is 0 Å². The highest BCUT2D eigenvalue weighted by Gasteiger charge is 2.27. The van der Waals surface area contributed by atoms with Gasteiger partial charge in [-0.15, -0.1) is 24.8 Å². The second-order valence-electron chi connectivity index (χ2n) is 6.57. The normalized spacial score (nSPS) is 17.2. The van der Waals surface area contributed by atoms with Crippen molar-refractivity contribution in [3.63, 3.8) is 0 Å². The number of halogens is 2. The van der Waals surface area contributed by atoms with E-state index >= 15 is 0 Å². The third kappa shape index (κ3) is 4.71. The Morgan fingerprint density at radius 3 is 2.67 bits per heavy atom. The van der Waals surface area contributed by atoms with E-state index in [9.17, 15) is 0 Å². The lowest BCUT2D eigenvalue weighted by Gasteiger charge is -2.34. The van der Waals surface area contributed by atoms with Crippen LogP contribution in [0.5, 0.6) is 0 Å². The largest absolute Gasteiger partial charge is 0.439 e. The lowest BCUT2D eigenvalue weighted by Crippen LogP contribution is -2.46. The van der Waals surface area contributed by atoms with E-state index in [-0.39, 0.29) is 30.9 Å². The molecule has 4 rings (SSSR count). The first-order chi connectivity index (χ1) is 12.2. The van der Waals surface area contributed by atoms with Crippen LogP contribution in [0.1, 0.15) is 23.3 Å². The zero-order valence-corrected chi connectivity index (χ0v) is 17.1. The Morgan fingerprint density at radius 1 is 1.19 bits per heavy atom. The van der Waals surface area contributed by atoms with Gasteiger partial charge < -0.3 is 14.3 Å². The number of aromatic nitrogens is 3. The third-order valence-electron chi connectivity index (χ3n) is 4.74. The molecule has 0 amide bonds. The van der Waals surface area contributed by atoms with Crippen molar-refractivity contribution >= 4 is 24.8 Å². The molecule has 6 nitrogen and oxygen atoms in total. The van der Waals surface area contributed by atoms with Crippen LogP contribution in [0.4, 0.5) is 0 Å². The lowest BCUT2D eigenvalue weighted by atomic mass is 10.1. The fourth-order valence-electron chi connectivity index (χ4n) is 3.30. The summed E-state index contributed by atoms with van der Waals surface area (Å²) in [6.45, 7) is 5.56. The molecule has 8 heteroatoms. The number of oxazole rings is 1. The summed E-state index contributed by atoms with van der Waals surface area (Å²) in [5.41, 5.74) is 2.30. The topological polar surface area (TPSA) is 59.1 Å². The van der Waals surface area contributed by atoms with Gasteiger partial charge in [-0.2, -0.15) is 0 Å². The van der Waals surface area contributed by atoms with Gasteiger partial charge in [0.25, 0.3) is 0 Å². The van der Waals surface area contributed by atoms with E-state index in [1.807, 2.05) is 25.6 Å². The summed E-state index contributed by atoms with van der Waals surface area (Å²) in [4.78, 5) is 11.4. The molecule has 1 N–H and O–H groups in total. The number of hydrogen-bond acceptors (Lipinski definition) is 5. The fraction of sp³-hybridized carbons (Fsp3) is 0.368. The summed E-state index contributed by atoms with van der Waals surface area (Å²) in [7, 11) is 2.04. The van der Waals surface area contributed by atoms with Crippen LogP contribution in [0.3, 0.4) is 0 Å². The first kappa shape index (κ1) is 21.4. The monoisotopic (exact) mass is 409 g/mol. The van der Waals surface area contributed by atoms with Crippen LogP contribution < -0.4 is 5.32 Å². The Hall–Kier alpha value is -1.86. The van der Waals surface area contributed by atoms with Crippen LogP contribution >= 0.6 is 24.8 Å². The molecule has 0 saturated carbocycles. The minimum absolute atomic E-state index is 0. The fourth-order valence-corrected chi connectivity index (χ4v) is 3.30. The smallest absolute Gasteiger partial charge is 0.209 e. The molecule has 1 saturated heterocycles. The van der Waals surface area contributed by atoms with E-state index in [0.717, 1.165) is 42.7 Å². The molecule has 1 unspecified atom stereocenters. The summed E-state index contributed by atoms with van der Waals surface area (Å²) < 4.78 is 8.09. The summed E-state index contributed by atoms with van der Waals surface area (Å²) in [6.07, 6.45) is 5.66. The number of aryl methyl sites for hydroxylation is 2. The van der Waals surface area contributed by atoms with Crippen LogP contribution in [0.2, 0.25) is 0 Å². The minimum Gasteiger partial charge on any atom is -0.439 e. The average Bonchev–Trinajstić information content (AvgIpc) is 3.25. The standard InChI is InChI=1S/C19H23N5O.2ClH/c1-14-3-5-15(6-4-14)17-12-22-18(25-17)13-24-10-7-20-11-16(24)19-21-8-9-23(19)2;;/h3-6,8-9,12,16,20H,7,10-11,13H2,1-2H3;2*1H. The SMILES string of the molecule is Cc1ccc(-c2cnc(CN3CCNCC3c3nccn3C)o2)cc1.Cl.Cl. The molecular weight excluding hydrogens is 385 g/mol. The Morgan fingerprint density at radius 2 is 1.96 bits per heavy atom. The van der Waals surface area contributed by atoms with Gasteiger partial charge in [0.2, 0.25) is 5.89 Å². The molecule has 1 atom stereocenters. The van der Waals surface area contributed by atoms with E-state index in [2.05, 4.69) is 55.9 Å². The molecule has 0 aliphatic carbocycles. The van der Waals surface area contributed by atoms with Gasteiger partial charge in [0.1, 0.15) is 5.82 Å². The second kappa shape index (κ2) is 9.37. The summed E-state index contributed by atoms with van der Waals surface area (Å²) in [6, 6.07) is 8.54. The number of benzene rings is 1. The highest BCUT2D eigenvalue weighted by Crippen LogP contribution is 2.25. The van der Waals surface area contributed by atoms with Gasteiger partial charge in [-0.1, -0.05) is 29.8 Å². The number of nitrogens with one attached hydrogen (secondary N) is 1. The average molecular weight is 410 g/mol. The van der Waals surface area contributed by atoms with E-state index in [0.29, 0.717) is 6.54 Å². The molecule has 1 aromatic carbocycles. The minimum atomic E-state index is 0. The second-order valence-corrected chi connectivity index (χ2v) is 6.57. The maximum Gasteiger partial charge on any atom is 0.209 e. The number of hydrogen-bond donors (Lipinski definition) is 1. The summed E-state index contributed by atoms with van der Waals surface area (Å²) >= 11 is 0. The number of imidazole rings is 1. The molecule has 146 valence electrons. The molecule has 2 aromatic heterocycles. The molecule has 3 aromatic rings. The molecule has 1 aliphatic rings. The van der Waals surface area contributed by atoms with Crippen LogP contribution in [-0.2, 0) is 13.6 Å². The van der Waals surface area contributed by atoms with Crippen molar-refractivity contribution in [1.82, 2.24) is 24.8 Å². The quantitative estimate of drug-likeness (QED) is 0.715. The number of rotatable bonds is 4. The zero-order chi connectivity index (χ0) is 17.2. The van der Waals surface area contributed by atoms with Crippen LogP contribution in [-0.4, -0.2) is 39.1 Å². The van der Waals surface area contributed by atoms with Crippen molar-refractivity contribution in [3.05, 3.63) is 60.1 Å². The van der Waals surface area contributed by atoms with E-state index in [1.165, 1.54) is 5.56 Å². The first-order valence-corrected chi connectivity index (χ1v) is 8.64. The Kier molecular flexibility index (Phi) is 7.44. The van der Waals surface area contributed by atoms with Gasteiger partial charge in [0, 0.05) is 44.6 Å². The lowest BCUT2D eigenvalue weighted by molar-refractivity contribution is 0.132. The molecule has 3 heterocycles. The third-order valence-corrected chi connectivity index (χ3v) is 4.74. The molecular formula is C19H25Cl2N5O.